The topological polar surface area (TPSA) is 70.1 Å². The van der Waals surface area contributed by atoms with Gasteiger partial charge in [0.25, 0.3) is 0 Å². The number of nitrogens with two attached hydrogens (primary N) is 1. The van der Waals surface area contributed by atoms with Crippen molar-refractivity contribution in [3.05, 3.63) is 42.7 Å². The Morgan fingerprint density at radius 3 is 2.90 bits per heavy atom. The van der Waals surface area contributed by atoms with Crippen LogP contribution >= 0.6 is 0 Å². The quantitative estimate of drug-likeness (QED) is 0.877. The lowest BCUT2D eigenvalue weighted by Crippen LogP contribution is -2.46. The highest BCUT2D eigenvalue weighted by Gasteiger charge is 2.44. The molecule has 1 aliphatic carbocycles. The summed E-state index contributed by atoms with van der Waals surface area (Å²) in [6, 6.07) is 10.2. The van der Waals surface area contributed by atoms with Crippen LogP contribution in [-0.2, 0) is 9.53 Å². The number of ether oxygens (including phenoxy) is 1. The number of hydrogen-bond acceptors (Lipinski definition) is 4. The number of benzene rings is 1. The van der Waals surface area contributed by atoms with E-state index in [0.29, 0.717) is 12.8 Å². The zero-order valence-corrected chi connectivity index (χ0v) is 12.0. The average Bonchev–Trinajstić information content (AvgIpc) is 3.14. The Bertz CT molecular complexity index is 638. The Kier molecular flexibility index (Phi) is 3.51. The predicted octanol–water partition coefficient (Wildman–Crippen LogP) is 2.15. The maximum Gasteiger partial charge on any atom is 0.325 e. The average molecular weight is 285 g/mol. The molecule has 1 aromatic heterocycles. The van der Waals surface area contributed by atoms with E-state index in [1.54, 1.807) is 6.20 Å². The van der Waals surface area contributed by atoms with Gasteiger partial charge in [0.15, 0.2) is 0 Å². The third-order valence-corrected chi connectivity index (χ3v) is 4.21. The number of nitrogens with zero attached hydrogens (tertiary/aromatic N) is 2. The van der Waals surface area contributed by atoms with Gasteiger partial charge in [0.1, 0.15) is 11.4 Å². The molecule has 5 nitrogen and oxygen atoms in total. The van der Waals surface area contributed by atoms with Crippen molar-refractivity contribution in [2.45, 2.75) is 30.8 Å². The molecular formula is C16H19N3O2. The number of rotatable bonds is 3. The van der Waals surface area contributed by atoms with E-state index in [1.165, 1.54) is 7.11 Å². The van der Waals surface area contributed by atoms with Crippen molar-refractivity contribution in [1.82, 2.24) is 9.55 Å². The van der Waals surface area contributed by atoms with Crippen LogP contribution in [0.5, 0.6) is 0 Å². The van der Waals surface area contributed by atoms with E-state index >= 15 is 0 Å². The third-order valence-electron chi connectivity index (χ3n) is 4.21. The minimum Gasteiger partial charge on any atom is -0.468 e. The summed E-state index contributed by atoms with van der Waals surface area (Å²) in [5.74, 6) is 0.584. The highest BCUT2D eigenvalue weighted by Crippen LogP contribution is 2.38. The Balaban J connectivity index is 1.87. The Labute approximate surface area is 123 Å². The van der Waals surface area contributed by atoms with Crippen molar-refractivity contribution in [2.75, 3.05) is 7.11 Å². The molecule has 5 heteroatoms. The molecule has 0 amide bonds. The molecule has 0 aliphatic heterocycles. The van der Waals surface area contributed by atoms with Crippen molar-refractivity contribution >= 4 is 5.97 Å². The van der Waals surface area contributed by atoms with Gasteiger partial charge < -0.3 is 15.0 Å². The fourth-order valence-corrected chi connectivity index (χ4v) is 3.09. The Morgan fingerprint density at radius 2 is 2.19 bits per heavy atom. The number of methoxy groups -OCH3 is 1. The van der Waals surface area contributed by atoms with Gasteiger partial charge in [0, 0.05) is 24.0 Å². The second-order valence-corrected chi connectivity index (χ2v) is 5.57. The molecule has 2 N–H and O–H groups in total. The second-order valence-electron chi connectivity index (χ2n) is 5.57. The number of carbonyl (C=O) groups is 1. The lowest BCUT2D eigenvalue weighted by molar-refractivity contribution is -0.146. The van der Waals surface area contributed by atoms with Gasteiger partial charge in [-0.3, -0.25) is 4.79 Å². The third kappa shape index (κ3) is 2.45. The van der Waals surface area contributed by atoms with E-state index in [-0.39, 0.29) is 12.0 Å². The summed E-state index contributed by atoms with van der Waals surface area (Å²) >= 11 is 0. The lowest BCUT2D eigenvalue weighted by Gasteiger charge is -2.21. The minimum absolute atomic E-state index is 0.173. The van der Waals surface area contributed by atoms with Gasteiger partial charge in [-0.1, -0.05) is 30.3 Å². The van der Waals surface area contributed by atoms with Crippen LogP contribution < -0.4 is 5.73 Å². The van der Waals surface area contributed by atoms with Crippen LogP contribution in [0, 0.1) is 0 Å². The smallest absolute Gasteiger partial charge is 0.325 e. The summed E-state index contributed by atoms with van der Waals surface area (Å²) < 4.78 is 6.95. The zero-order valence-electron chi connectivity index (χ0n) is 12.0. The first kappa shape index (κ1) is 13.8. The predicted molar refractivity (Wildman–Crippen MR) is 79.5 cm³/mol. The maximum absolute atomic E-state index is 11.8. The first-order valence-electron chi connectivity index (χ1n) is 7.09. The van der Waals surface area contributed by atoms with Crippen molar-refractivity contribution in [3.63, 3.8) is 0 Å². The first-order valence-corrected chi connectivity index (χ1v) is 7.09. The van der Waals surface area contributed by atoms with E-state index in [9.17, 15) is 4.79 Å². The van der Waals surface area contributed by atoms with Gasteiger partial charge in [-0.05, 0) is 19.3 Å². The summed E-state index contributed by atoms with van der Waals surface area (Å²) in [6.45, 7) is 0. The van der Waals surface area contributed by atoms with E-state index in [2.05, 4.69) is 9.55 Å². The summed E-state index contributed by atoms with van der Waals surface area (Å²) in [5, 5.41) is 0. The molecule has 0 bridgehead atoms. The summed E-state index contributed by atoms with van der Waals surface area (Å²) in [6.07, 6.45) is 5.81. The number of carbonyl (C=O) groups excluding carboxylic acids is 1. The van der Waals surface area contributed by atoms with Crippen LogP contribution in [0.15, 0.2) is 42.7 Å². The second kappa shape index (κ2) is 5.33. The van der Waals surface area contributed by atoms with E-state index in [1.807, 2.05) is 36.5 Å². The van der Waals surface area contributed by atoms with Crippen LogP contribution in [0.25, 0.3) is 11.4 Å². The summed E-state index contributed by atoms with van der Waals surface area (Å²) in [5.41, 5.74) is 6.38. The van der Waals surface area contributed by atoms with Gasteiger partial charge in [-0.15, -0.1) is 0 Å². The van der Waals surface area contributed by atoms with Crippen molar-refractivity contribution in [3.8, 4) is 11.4 Å². The molecule has 1 aliphatic rings. The highest BCUT2D eigenvalue weighted by molar-refractivity contribution is 5.81. The number of hydrogen-bond donors (Lipinski definition) is 1. The molecule has 0 spiro atoms. The maximum atomic E-state index is 11.8. The van der Waals surface area contributed by atoms with Crippen LogP contribution in [-0.4, -0.2) is 28.2 Å². The largest absolute Gasteiger partial charge is 0.468 e. The molecule has 21 heavy (non-hydrogen) atoms. The standard InChI is InChI=1S/C16H19N3O2/c1-21-15(20)16(17)8-7-13(11-16)19-10-9-18-14(19)12-5-3-2-4-6-12/h2-6,9-10,13H,7-8,11,17H2,1H3. The van der Waals surface area contributed by atoms with Gasteiger partial charge >= 0.3 is 5.97 Å². The Morgan fingerprint density at radius 1 is 1.43 bits per heavy atom. The van der Waals surface area contributed by atoms with Crippen molar-refractivity contribution < 1.29 is 9.53 Å². The molecule has 1 aromatic carbocycles. The summed E-state index contributed by atoms with van der Waals surface area (Å²) in [7, 11) is 1.39. The zero-order chi connectivity index (χ0) is 14.9. The number of esters is 1. The van der Waals surface area contributed by atoms with Crippen LogP contribution in [0.1, 0.15) is 25.3 Å². The van der Waals surface area contributed by atoms with Gasteiger partial charge in [-0.25, -0.2) is 4.98 Å². The SMILES string of the molecule is COC(=O)C1(N)CCC(n2ccnc2-c2ccccc2)C1. The number of aromatic nitrogens is 2. The van der Waals surface area contributed by atoms with Gasteiger partial charge in [-0.2, -0.15) is 0 Å². The fourth-order valence-electron chi connectivity index (χ4n) is 3.09. The molecule has 1 saturated carbocycles. The lowest BCUT2D eigenvalue weighted by atomic mass is 9.99. The molecule has 110 valence electrons. The molecule has 0 radical (unpaired) electrons. The fraction of sp³-hybridized carbons (Fsp3) is 0.375. The van der Waals surface area contributed by atoms with Gasteiger partial charge in [0.2, 0.25) is 0 Å². The molecule has 1 fully saturated rings. The van der Waals surface area contributed by atoms with E-state index in [4.69, 9.17) is 10.5 Å². The van der Waals surface area contributed by atoms with Gasteiger partial charge in [0.05, 0.1) is 7.11 Å². The summed E-state index contributed by atoms with van der Waals surface area (Å²) in [4.78, 5) is 16.3. The van der Waals surface area contributed by atoms with E-state index in [0.717, 1.165) is 17.8 Å². The number of imidazole rings is 1. The molecule has 2 atom stereocenters. The molecule has 2 aromatic rings. The monoisotopic (exact) mass is 285 g/mol. The Hall–Kier alpha value is -2.14. The van der Waals surface area contributed by atoms with Crippen molar-refractivity contribution in [1.29, 1.82) is 0 Å². The molecule has 2 unspecified atom stereocenters. The highest BCUT2D eigenvalue weighted by atomic mass is 16.5. The first-order chi connectivity index (χ1) is 10.1. The van der Waals surface area contributed by atoms with Crippen molar-refractivity contribution in [2.24, 2.45) is 5.73 Å². The van der Waals surface area contributed by atoms with Crippen LogP contribution in [0.3, 0.4) is 0 Å². The van der Waals surface area contributed by atoms with Crippen LogP contribution in [0.2, 0.25) is 0 Å². The molecule has 0 saturated heterocycles. The normalized spacial score (nSPS) is 25.0. The molecule has 1 heterocycles. The van der Waals surface area contributed by atoms with E-state index < -0.39 is 5.54 Å². The molecular weight excluding hydrogens is 266 g/mol. The molecule has 3 rings (SSSR count). The minimum atomic E-state index is -0.877. The van der Waals surface area contributed by atoms with Crippen LogP contribution in [0.4, 0.5) is 0 Å².